The molecule has 1 aromatic rings. The number of ether oxygens (including phenoxy) is 1. The first-order valence-corrected chi connectivity index (χ1v) is 10.0. The second kappa shape index (κ2) is 9.36. The Morgan fingerprint density at radius 1 is 1.34 bits per heavy atom. The molecule has 2 heterocycles. The lowest BCUT2D eigenvalue weighted by molar-refractivity contribution is -0.134. The molecule has 0 unspecified atom stereocenters. The van der Waals surface area contributed by atoms with Crippen molar-refractivity contribution in [3.05, 3.63) is 24.0 Å². The van der Waals surface area contributed by atoms with Crippen LogP contribution in [0.1, 0.15) is 13.3 Å². The van der Waals surface area contributed by atoms with Crippen LogP contribution in [0.3, 0.4) is 0 Å². The van der Waals surface area contributed by atoms with Crippen LogP contribution in [-0.2, 0) is 9.53 Å². The Hall–Kier alpha value is -2.46. The molecule has 2 N–H and O–H groups in total. The molecule has 0 radical (unpaired) electrons. The first kappa shape index (κ1) is 21.3. The van der Waals surface area contributed by atoms with Gasteiger partial charge in [-0.2, -0.15) is 0 Å². The summed E-state index contributed by atoms with van der Waals surface area (Å²) in [5.74, 6) is -0.761. The number of piperazine rings is 1. The molecule has 2 aliphatic rings. The highest BCUT2D eigenvalue weighted by Crippen LogP contribution is 2.28. The van der Waals surface area contributed by atoms with Crippen molar-refractivity contribution in [1.82, 2.24) is 10.2 Å². The second-order valence-corrected chi connectivity index (χ2v) is 7.43. The average molecular weight is 424 g/mol. The second-order valence-electron chi connectivity index (χ2n) is 6.94. The monoisotopic (exact) mass is 424 g/mol. The highest BCUT2D eigenvalue weighted by molar-refractivity contribution is 7.80. The maximum absolute atomic E-state index is 14.8. The van der Waals surface area contributed by atoms with E-state index in [4.69, 9.17) is 22.1 Å². The lowest BCUT2D eigenvalue weighted by Gasteiger charge is -2.36. The van der Waals surface area contributed by atoms with Crippen molar-refractivity contribution in [2.24, 2.45) is 0 Å². The molecule has 10 heteroatoms. The van der Waals surface area contributed by atoms with Gasteiger partial charge in [-0.1, -0.05) is 19.1 Å². The van der Waals surface area contributed by atoms with Gasteiger partial charge in [0.1, 0.15) is 18.5 Å². The quantitative estimate of drug-likeness (QED) is 0.662. The molecule has 2 fully saturated rings. The van der Waals surface area contributed by atoms with E-state index >= 15 is 0 Å². The third kappa shape index (κ3) is 4.94. The maximum Gasteiger partial charge on any atom is 0.414 e. The minimum Gasteiger partial charge on any atom is -0.442 e. The summed E-state index contributed by atoms with van der Waals surface area (Å²) in [7, 11) is 0. The number of hydrogen-bond donors (Lipinski definition) is 2. The normalized spacial score (nSPS) is 19.3. The molecule has 2 aliphatic heterocycles. The van der Waals surface area contributed by atoms with Gasteiger partial charge in [-0.25, -0.2) is 9.18 Å². The van der Waals surface area contributed by atoms with Crippen LogP contribution in [0.5, 0.6) is 0 Å². The Morgan fingerprint density at radius 2 is 2.07 bits per heavy atom. The molecule has 1 aromatic carbocycles. The number of nitrogens with one attached hydrogen (secondary N) is 1. The topological polar surface area (TPSA) is 85.4 Å². The molecule has 0 bridgehead atoms. The van der Waals surface area contributed by atoms with Gasteiger partial charge in [0.25, 0.3) is 0 Å². The number of thiocarbonyl (C=S) groups is 1. The van der Waals surface area contributed by atoms with Crippen LogP contribution in [-0.4, -0.2) is 79.0 Å². The van der Waals surface area contributed by atoms with Gasteiger partial charge in [-0.05, 0) is 24.6 Å². The molecule has 1 atom stereocenters. The van der Waals surface area contributed by atoms with Crippen molar-refractivity contribution in [1.29, 1.82) is 0 Å². The molecule has 0 saturated carbocycles. The zero-order valence-electron chi connectivity index (χ0n) is 16.3. The van der Waals surface area contributed by atoms with Crippen LogP contribution in [0.25, 0.3) is 0 Å². The van der Waals surface area contributed by atoms with Gasteiger partial charge >= 0.3 is 6.09 Å². The number of nitrogens with zero attached hydrogens (tertiary/aromatic N) is 3. The lowest BCUT2D eigenvalue weighted by atomic mass is 10.2. The Kier molecular flexibility index (Phi) is 6.86. The molecular weight excluding hydrogens is 399 g/mol. The van der Waals surface area contributed by atoms with Crippen LogP contribution >= 0.6 is 12.2 Å². The standard InChI is InChI=1S/C19H25FN4O4S/c1-2-17(29)21-10-14-11-24(19(27)28-14)13-3-4-16(15(20)9-13)22-5-7-23(8-6-22)18(26)12-25/h3-4,9,14,25H,2,5-8,10-12H2,1H3,(H,21,29)/t14-/m0/s1. The van der Waals surface area contributed by atoms with Gasteiger partial charge in [0, 0.05) is 26.2 Å². The van der Waals surface area contributed by atoms with E-state index in [1.54, 1.807) is 17.0 Å². The number of aliphatic hydroxyl groups is 1. The van der Waals surface area contributed by atoms with E-state index in [2.05, 4.69) is 5.32 Å². The van der Waals surface area contributed by atoms with Gasteiger partial charge < -0.3 is 25.0 Å². The minimum absolute atomic E-state index is 0.318. The highest BCUT2D eigenvalue weighted by Gasteiger charge is 2.33. The molecule has 158 valence electrons. The third-order valence-electron chi connectivity index (χ3n) is 5.07. The third-order valence-corrected chi connectivity index (χ3v) is 5.51. The van der Waals surface area contributed by atoms with Gasteiger partial charge in [0.05, 0.1) is 29.5 Å². The molecule has 0 aromatic heterocycles. The fourth-order valence-corrected chi connectivity index (χ4v) is 3.49. The fraction of sp³-hybridized carbons (Fsp3) is 0.526. The fourth-order valence-electron chi connectivity index (χ4n) is 3.41. The summed E-state index contributed by atoms with van der Waals surface area (Å²) in [6, 6.07) is 4.66. The van der Waals surface area contributed by atoms with E-state index in [0.29, 0.717) is 55.6 Å². The molecule has 29 heavy (non-hydrogen) atoms. The first-order chi connectivity index (χ1) is 13.9. The van der Waals surface area contributed by atoms with E-state index in [1.165, 1.54) is 11.0 Å². The summed E-state index contributed by atoms with van der Waals surface area (Å²) in [5.41, 5.74) is 0.856. The summed E-state index contributed by atoms with van der Waals surface area (Å²) in [6.45, 7) is 3.95. The first-order valence-electron chi connectivity index (χ1n) is 9.61. The van der Waals surface area contributed by atoms with E-state index in [1.807, 2.05) is 11.8 Å². The van der Waals surface area contributed by atoms with Crippen LogP contribution in [0.15, 0.2) is 18.2 Å². The van der Waals surface area contributed by atoms with E-state index < -0.39 is 18.5 Å². The van der Waals surface area contributed by atoms with Crippen molar-refractivity contribution in [2.75, 3.05) is 55.7 Å². The highest BCUT2D eigenvalue weighted by atomic mass is 32.1. The summed E-state index contributed by atoms with van der Waals surface area (Å²) < 4.78 is 20.1. The zero-order chi connectivity index (χ0) is 21.0. The lowest BCUT2D eigenvalue weighted by Crippen LogP contribution is -2.49. The maximum atomic E-state index is 14.8. The molecular formula is C19H25FN4O4S. The number of carbonyl (C=O) groups is 2. The van der Waals surface area contributed by atoms with Crippen LogP contribution < -0.4 is 15.1 Å². The molecule has 2 saturated heterocycles. The van der Waals surface area contributed by atoms with E-state index in [-0.39, 0.29) is 12.0 Å². The van der Waals surface area contributed by atoms with Crippen LogP contribution in [0.4, 0.5) is 20.6 Å². The average Bonchev–Trinajstić information content (AvgIpc) is 3.12. The number of cyclic esters (lactones) is 1. The SMILES string of the molecule is CCC(=S)NC[C@H]1CN(c2ccc(N3CCN(C(=O)CO)CC3)c(F)c2)C(=O)O1. The van der Waals surface area contributed by atoms with Gasteiger partial charge in [0.2, 0.25) is 5.91 Å². The molecule has 8 nitrogen and oxygen atoms in total. The Balaban J connectivity index is 1.62. The number of aliphatic hydroxyl groups excluding tert-OH is 1. The number of rotatable bonds is 6. The minimum atomic E-state index is -0.518. The number of amides is 2. The summed E-state index contributed by atoms with van der Waals surface area (Å²) in [5, 5.41) is 12.0. The van der Waals surface area contributed by atoms with E-state index in [0.717, 1.165) is 6.42 Å². The smallest absolute Gasteiger partial charge is 0.414 e. The van der Waals surface area contributed by atoms with Crippen molar-refractivity contribution in [2.45, 2.75) is 19.4 Å². The zero-order valence-corrected chi connectivity index (χ0v) is 17.1. The molecule has 3 rings (SSSR count). The van der Waals surface area contributed by atoms with Gasteiger partial charge in [0.15, 0.2) is 0 Å². The predicted molar refractivity (Wildman–Crippen MR) is 111 cm³/mol. The number of halogens is 1. The number of anilines is 2. The number of carbonyl (C=O) groups excluding carboxylic acids is 2. The summed E-state index contributed by atoms with van der Waals surface area (Å²) in [4.78, 5) is 29.2. The summed E-state index contributed by atoms with van der Waals surface area (Å²) in [6.07, 6.45) is -0.149. The predicted octanol–water partition coefficient (Wildman–Crippen LogP) is 1.12. The van der Waals surface area contributed by atoms with Crippen molar-refractivity contribution in [3.63, 3.8) is 0 Å². The Bertz CT molecular complexity index is 785. The molecule has 2 amide bonds. The number of benzene rings is 1. The van der Waals surface area contributed by atoms with Crippen LogP contribution in [0, 0.1) is 5.82 Å². The van der Waals surface area contributed by atoms with Crippen molar-refractivity contribution < 1.29 is 23.8 Å². The number of hydrogen-bond acceptors (Lipinski definition) is 6. The van der Waals surface area contributed by atoms with Gasteiger partial charge in [-0.15, -0.1) is 0 Å². The molecule has 0 aliphatic carbocycles. The summed E-state index contributed by atoms with van der Waals surface area (Å²) >= 11 is 5.11. The Labute approximate surface area is 174 Å². The van der Waals surface area contributed by atoms with Crippen molar-refractivity contribution >= 4 is 40.6 Å². The van der Waals surface area contributed by atoms with E-state index in [9.17, 15) is 14.0 Å². The van der Waals surface area contributed by atoms with Crippen molar-refractivity contribution in [3.8, 4) is 0 Å². The molecule has 0 spiro atoms. The largest absolute Gasteiger partial charge is 0.442 e. The van der Waals surface area contributed by atoms with Gasteiger partial charge in [-0.3, -0.25) is 9.69 Å². The van der Waals surface area contributed by atoms with Crippen LogP contribution in [0.2, 0.25) is 0 Å². The Morgan fingerprint density at radius 3 is 2.69 bits per heavy atom.